The van der Waals surface area contributed by atoms with Gasteiger partial charge in [0.1, 0.15) is 12.2 Å². The van der Waals surface area contributed by atoms with Gasteiger partial charge in [0.25, 0.3) is 0 Å². The van der Waals surface area contributed by atoms with Crippen molar-refractivity contribution in [1.82, 2.24) is 0 Å². The van der Waals surface area contributed by atoms with E-state index in [0.717, 1.165) is 120 Å². The van der Waals surface area contributed by atoms with E-state index < -0.39 is 24.2 Å². The average Bonchev–Trinajstić information content (AvgIpc) is 3.12. The van der Waals surface area contributed by atoms with E-state index in [-0.39, 0.29) is 12.2 Å². The third-order valence-electron chi connectivity index (χ3n) is 9.67. The van der Waals surface area contributed by atoms with Crippen molar-refractivity contribution in [3.05, 3.63) is 70.8 Å². The van der Waals surface area contributed by atoms with Gasteiger partial charge < -0.3 is 9.47 Å². The van der Waals surface area contributed by atoms with E-state index >= 15 is 0 Å². The van der Waals surface area contributed by atoms with Gasteiger partial charge in [0.05, 0.1) is 11.1 Å². The smallest absolute Gasteiger partial charge is 0.428 e. The number of hydrogen-bond donors (Lipinski definition) is 0. The minimum atomic E-state index is -1.01. The molecular formula is C39H52O10. The van der Waals surface area contributed by atoms with Crippen molar-refractivity contribution in [3.8, 4) is 0 Å². The van der Waals surface area contributed by atoms with Gasteiger partial charge in [-0.25, -0.2) is 29.1 Å². The molecule has 268 valence electrons. The van der Waals surface area contributed by atoms with Gasteiger partial charge in [0, 0.05) is 0 Å². The summed E-state index contributed by atoms with van der Waals surface area (Å²) in [4.78, 5) is 67.5. The Morgan fingerprint density at radius 1 is 0.510 bits per heavy atom. The first-order chi connectivity index (χ1) is 23.8. The predicted molar refractivity (Wildman–Crippen MR) is 181 cm³/mol. The highest BCUT2D eigenvalue weighted by Gasteiger charge is 2.30. The van der Waals surface area contributed by atoms with E-state index in [1.165, 1.54) is 0 Å². The molecule has 2 aliphatic rings. The Labute approximate surface area is 290 Å². The van der Waals surface area contributed by atoms with E-state index in [2.05, 4.69) is 23.6 Å². The monoisotopic (exact) mass is 680 g/mol. The lowest BCUT2D eigenvalue weighted by Crippen LogP contribution is -2.28. The van der Waals surface area contributed by atoms with E-state index in [9.17, 15) is 19.2 Å². The lowest BCUT2D eigenvalue weighted by molar-refractivity contribution is -0.208. The highest BCUT2D eigenvalue weighted by Crippen LogP contribution is 2.37. The van der Waals surface area contributed by atoms with Crippen LogP contribution in [-0.2, 0) is 41.9 Å². The summed E-state index contributed by atoms with van der Waals surface area (Å²) in [7, 11) is 0. The Morgan fingerprint density at radius 3 is 1.22 bits per heavy atom. The molecule has 49 heavy (non-hydrogen) atoms. The molecule has 0 saturated heterocycles. The minimum absolute atomic E-state index is 0.274. The molecule has 0 amide bonds. The number of aryl methyl sites for hydroxylation is 2. The summed E-state index contributed by atoms with van der Waals surface area (Å²) in [5, 5.41) is 0. The molecule has 0 N–H and O–H groups in total. The molecule has 10 heteroatoms. The van der Waals surface area contributed by atoms with Crippen molar-refractivity contribution in [2.75, 3.05) is 0 Å². The number of ether oxygens (including phenoxy) is 2. The molecular weight excluding hydrogens is 628 g/mol. The van der Waals surface area contributed by atoms with Gasteiger partial charge in [-0.2, -0.15) is 9.59 Å². The Bertz CT molecular complexity index is 1200. The summed E-state index contributed by atoms with van der Waals surface area (Å²) >= 11 is 0. The molecule has 0 unspecified atom stereocenters. The van der Waals surface area contributed by atoms with Gasteiger partial charge in [-0.15, -0.1) is 0 Å². The van der Waals surface area contributed by atoms with Crippen LogP contribution in [0, 0.1) is 11.8 Å². The fourth-order valence-electron chi connectivity index (χ4n) is 6.77. The van der Waals surface area contributed by atoms with Gasteiger partial charge >= 0.3 is 24.2 Å². The minimum Gasteiger partial charge on any atom is -0.428 e. The van der Waals surface area contributed by atoms with Crippen LogP contribution in [0.15, 0.2) is 48.5 Å². The maximum atomic E-state index is 12.3. The normalized spacial score (nSPS) is 20.4. The van der Waals surface area contributed by atoms with Gasteiger partial charge in [-0.05, 0) is 131 Å². The average molecular weight is 681 g/mol. The first-order valence-corrected chi connectivity index (χ1v) is 18.2. The summed E-state index contributed by atoms with van der Waals surface area (Å²) in [5.41, 5.74) is 2.92. The molecule has 2 fully saturated rings. The van der Waals surface area contributed by atoms with E-state index in [1.807, 2.05) is 24.3 Å². The Morgan fingerprint density at radius 2 is 0.878 bits per heavy atom. The van der Waals surface area contributed by atoms with E-state index in [1.54, 1.807) is 24.3 Å². The molecule has 2 aromatic rings. The molecule has 2 aromatic carbocycles. The van der Waals surface area contributed by atoms with Crippen molar-refractivity contribution in [2.24, 2.45) is 11.8 Å². The number of unbranched alkanes of at least 4 members (excludes halogenated alkanes) is 4. The van der Waals surface area contributed by atoms with Crippen LogP contribution in [0.1, 0.15) is 142 Å². The SMILES string of the molecule is CCCCCc1ccc(C(=O)OOC(=O)OC2CCC(CC3CCC(OC(=O)OOC(=O)c4ccc(CCCCC)cc4)CC3)CC2)cc1. The van der Waals surface area contributed by atoms with Crippen LogP contribution in [0.2, 0.25) is 0 Å². The summed E-state index contributed by atoms with van der Waals surface area (Å²) < 4.78 is 10.8. The maximum absolute atomic E-state index is 12.3. The molecule has 0 aliphatic heterocycles. The first kappa shape index (κ1) is 37.7. The first-order valence-electron chi connectivity index (χ1n) is 18.2. The van der Waals surface area contributed by atoms with Crippen molar-refractivity contribution in [3.63, 3.8) is 0 Å². The van der Waals surface area contributed by atoms with Crippen molar-refractivity contribution in [1.29, 1.82) is 0 Å². The third kappa shape index (κ3) is 13.4. The van der Waals surface area contributed by atoms with Crippen LogP contribution in [-0.4, -0.2) is 36.5 Å². The lowest BCUT2D eigenvalue weighted by Gasteiger charge is -2.33. The second-order valence-electron chi connectivity index (χ2n) is 13.5. The highest BCUT2D eigenvalue weighted by molar-refractivity contribution is 5.89. The predicted octanol–water partition coefficient (Wildman–Crippen LogP) is 9.81. The van der Waals surface area contributed by atoms with Gasteiger partial charge in [0.2, 0.25) is 0 Å². The van der Waals surface area contributed by atoms with Crippen molar-refractivity contribution in [2.45, 2.75) is 135 Å². The molecule has 0 spiro atoms. The van der Waals surface area contributed by atoms with Crippen molar-refractivity contribution < 1.29 is 48.2 Å². The molecule has 0 bridgehead atoms. The molecule has 2 aliphatic carbocycles. The number of hydrogen-bond acceptors (Lipinski definition) is 10. The quantitative estimate of drug-likeness (QED) is 0.0824. The fourth-order valence-corrected chi connectivity index (χ4v) is 6.77. The number of benzene rings is 2. The molecule has 2 saturated carbocycles. The largest absolute Gasteiger partial charge is 0.550 e. The fraction of sp³-hybridized carbons (Fsp3) is 0.590. The summed E-state index contributed by atoms with van der Waals surface area (Å²) in [6, 6.07) is 14.2. The van der Waals surface area contributed by atoms with E-state index in [0.29, 0.717) is 23.0 Å². The molecule has 0 aromatic heterocycles. The summed E-state index contributed by atoms with van der Waals surface area (Å²) in [6.07, 6.45) is 13.9. The summed E-state index contributed by atoms with van der Waals surface area (Å²) in [5.74, 6) is -0.432. The number of carbonyl (C=O) groups is 4. The Hall–Kier alpha value is -4.08. The van der Waals surface area contributed by atoms with Crippen LogP contribution in [0.25, 0.3) is 0 Å². The summed E-state index contributed by atoms with van der Waals surface area (Å²) in [6.45, 7) is 4.31. The second kappa shape index (κ2) is 20.4. The Balaban J connectivity index is 1.04. The standard InChI is InChI=1S/C39H52O10/c1-3-5-7-9-28-11-19-32(20-12-28)36(40)46-48-38(42)44-34-23-15-30(16-24-34)27-31-17-25-35(26-18-31)45-39(43)49-47-37(41)33-21-13-29(14-22-33)10-8-6-4-2/h11-14,19-22,30-31,34-35H,3-10,15-18,23-27H2,1-2H3. The topological polar surface area (TPSA) is 124 Å². The zero-order valence-electron chi connectivity index (χ0n) is 29.0. The van der Waals surface area contributed by atoms with Crippen LogP contribution in [0.4, 0.5) is 9.59 Å². The molecule has 0 atom stereocenters. The molecule has 0 heterocycles. The molecule has 0 radical (unpaired) electrons. The van der Waals surface area contributed by atoms with Gasteiger partial charge in [0.15, 0.2) is 0 Å². The van der Waals surface area contributed by atoms with E-state index in [4.69, 9.17) is 19.2 Å². The third-order valence-corrected chi connectivity index (χ3v) is 9.67. The number of carbonyl (C=O) groups excluding carboxylic acids is 4. The van der Waals surface area contributed by atoms with Crippen LogP contribution >= 0.6 is 0 Å². The maximum Gasteiger partial charge on any atom is 0.550 e. The van der Waals surface area contributed by atoms with Gasteiger partial charge in [-0.1, -0.05) is 63.8 Å². The molecule has 4 rings (SSSR count). The van der Waals surface area contributed by atoms with Crippen LogP contribution < -0.4 is 0 Å². The van der Waals surface area contributed by atoms with Gasteiger partial charge in [-0.3, -0.25) is 0 Å². The second-order valence-corrected chi connectivity index (χ2v) is 13.5. The zero-order chi connectivity index (χ0) is 34.8. The van der Waals surface area contributed by atoms with Crippen LogP contribution in [0.3, 0.4) is 0 Å². The molecule has 10 nitrogen and oxygen atoms in total. The van der Waals surface area contributed by atoms with Crippen molar-refractivity contribution >= 4 is 24.2 Å². The highest BCUT2D eigenvalue weighted by atomic mass is 17.2. The number of rotatable bonds is 14. The van der Waals surface area contributed by atoms with Crippen LogP contribution in [0.5, 0.6) is 0 Å². The zero-order valence-corrected chi connectivity index (χ0v) is 29.0. The lowest BCUT2D eigenvalue weighted by atomic mass is 9.76. The Kier molecular flexibility index (Phi) is 15.7.